The number of carbonyl (C=O) groups excluding carboxylic acids is 2. The first-order valence-electron chi connectivity index (χ1n) is 11.5. The van der Waals surface area contributed by atoms with Crippen LogP contribution < -0.4 is 10.9 Å². The molecule has 2 fully saturated rings. The van der Waals surface area contributed by atoms with E-state index in [9.17, 15) is 22.8 Å². The van der Waals surface area contributed by atoms with Gasteiger partial charge in [-0.1, -0.05) is 23.7 Å². The third-order valence-electron chi connectivity index (χ3n) is 7.26. The number of nitrogens with one attached hydrogen (secondary N) is 1. The van der Waals surface area contributed by atoms with Gasteiger partial charge in [0.05, 0.1) is 4.75 Å². The molecule has 0 spiro atoms. The highest BCUT2D eigenvalue weighted by molar-refractivity contribution is 7.94. The van der Waals surface area contributed by atoms with Gasteiger partial charge in [0.1, 0.15) is 11.3 Å². The lowest BCUT2D eigenvalue weighted by Crippen LogP contribution is -2.51. The highest BCUT2D eigenvalue weighted by Gasteiger charge is 2.68. The first kappa shape index (κ1) is 24.0. The number of hydrogen-bond donors (Lipinski definition) is 1. The van der Waals surface area contributed by atoms with Crippen LogP contribution in [0, 0.1) is 0 Å². The molecule has 2 aliphatic carbocycles. The van der Waals surface area contributed by atoms with Gasteiger partial charge in [0.15, 0.2) is 14.8 Å². The Kier molecular flexibility index (Phi) is 5.81. The number of aromatic nitrogens is 1. The van der Waals surface area contributed by atoms with Crippen LogP contribution in [0.15, 0.2) is 41.2 Å². The van der Waals surface area contributed by atoms with Crippen LogP contribution in [0.1, 0.15) is 52.1 Å². The molecule has 2 aromatic rings. The van der Waals surface area contributed by atoms with Gasteiger partial charge < -0.3 is 19.5 Å². The van der Waals surface area contributed by atoms with Crippen LogP contribution in [0.2, 0.25) is 5.02 Å². The van der Waals surface area contributed by atoms with Crippen molar-refractivity contribution < 1.29 is 22.7 Å². The monoisotopic (exact) mass is 519 g/mol. The minimum atomic E-state index is -3.57. The molecule has 1 aromatic heterocycles. The van der Waals surface area contributed by atoms with E-state index in [-0.39, 0.29) is 37.4 Å². The highest BCUT2D eigenvalue weighted by Crippen LogP contribution is 2.57. The highest BCUT2D eigenvalue weighted by atomic mass is 35.5. The fourth-order valence-corrected chi connectivity index (χ4v) is 7.49. The van der Waals surface area contributed by atoms with Crippen LogP contribution in [0.3, 0.4) is 0 Å². The number of pyridine rings is 1. The molecule has 0 bridgehead atoms. The van der Waals surface area contributed by atoms with E-state index in [2.05, 4.69) is 5.32 Å². The molecule has 35 heavy (non-hydrogen) atoms. The van der Waals surface area contributed by atoms with Gasteiger partial charge in [0.25, 0.3) is 17.4 Å². The lowest BCUT2D eigenvalue weighted by Gasteiger charge is -2.33. The first-order chi connectivity index (χ1) is 16.6. The second-order valence-electron chi connectivity index (χ2n) is 9.43. The van der Waals surface area contributed by atoms with Crippen LogP contribution in [0.5, 0.6) is 0 Å². The Balaban J connectivity index is 1.31. The van der Waals surface area contributed by atoms with Crippen molar-refractivity contribution in [2.45, 2.75) is 48.5 Å². The van der Waals surface area contributed by atoms with Crippen LogP contribution >= 0.6 is 11.6 Å². The normalized spacial score (nSPS) is 19.7. The van der Waals surface area contributed by atoms with Crippen molar-refractivity contribution in [3.63, 3.8) is 0 Å². The maximum Gasteiger partial charge on any atom is 0.270 e. The van der Waals surface area contributed by atoms with Crippen LogP contribution in [-0.2, 0) is 27.7 Å². The van der Waals surface area contributed by atoms with E-state index < -0.39 is 36.9 Å². The predicted octanol–water partition coefficient (Wildman–Crippen LogP) is 1.97. The summed E-state index contributed by atoms with van der Waals surface area (Å²) in [5.41, 5.74) is 0.378. The number of fused-ring (bicyclic) bond motifs is 1. The fourth-order valence-electron chi connectivity index (χ4n) is 4.75. The zero-order chi connectivity index (χ0) is 25.0. The topological polar surface area (TPSA) is 115 Å². The Morgan fingerprint density at radius 2 is 1.74 bits per heavy atom. The van der Waals surface area contributed by atoms with Gasteiger partial charge in [-0.25, -0.2) is 8.42 Å². The van der Waals surface area contributed by atoms with Crippen molar-refractivity contribution in [2.75, 3.05) is 20.2 Å². The number of methoxy groups -OCH3 is 1. The SMILES string of the molecule is COC1(S(=O)(=O)C2(CN3CCn4c(ccc(C(=O)NCc5ccc(Cl)cc5)c4=O)C3=O)CC2)CC1. The minimum Gasteiger partial charge on any atom is -0.362 e. The molecular formula is C24H26ClN3O6S. The third-order valence-corrected chi connectivity index (χ3v) is 10.7. The lowest BCUT2D eigenvalue weighted by atomic mass is 10.1. The molecule has 11 heteroatoms. The zero-order valence-corrected chi connectivity index (χ0v) is 20.8. The second kappa shape index (κ2) is 8.46. The Hall–Kier alpha value is -2.69. The quantitative estimate of drug-likeness (QED) is 0.570. The van der Waals surface area contributed by atoms with E-state index in [1.165, 1.54) is 28.7 Å². The summed E-state index contributed by atoms with van der Waals surface area (Å²) < 4.78 is 32.1. The van der Waals surface area contributed by atoms with Crippen molar-refractivity contribution in [2.24, 2.45) is 0 Å². The largest absolute Gasteiger partial charge is 0.362 e. The summed E-state index contributed by atoms with van der Waals surface area (Å²) in [6.07, 6.45) is 1.93. The molecule has 5 rings (SSSR count). The fraction of sp³-hybridized carbons (Fsp3) is 0.458. The number of sulfone groups is 1. The molecular weight excluding hydrogens is 494 g/mol. The molecule has 3 aliphatic rings. The molecule has 0 saturated heterocycles. The molecule has 1 N–H and O–H groups in total. The van der Waals surface area contributed by atoms with E-state index >= 15 is 0 Å². The van der Waals surface area contributed by atoms with Crippen molar-refractivity contribution in [3.8, 4) is 0 Å². The number of amides is 2. The summed E-state index contributed by atoms with van der Waals surface area (Å²) in [6.45, 7) is 0.683. The van der Waals surface area contributed by atoms with Gasteiger partial charge in [-0.3, -0.25) is 14.4 Å². The molecule has 1 aliphatic heterocycles. The van der Waals surface area contributed by atoms with Gasteiger partial charge in [0, 0.05) is 38.3 Å². The Morgan fingerprint density at radius 3 is 2.34 bits per heavy atom. The number of carbonyl (C=O) groups is 2. The molecule has 9 nitrogen and oxygen atoms in total. The van der Waals surface area contributed by atoms with Crippen molar-refractivity contribution in [1.82, 2.24) is 14.8 Å². The van der Waals surface area contributed by atoms with Gasteiger partial charge in [-0.15, -0.1) is 0 Å². The summed E-state index contributed by atoms with van der Waals surface area (Å²) in [7, 11) is -2.15. The zero-order valence-electron chi connectivity index (χ0n) is 19.3. The van der Waals surface area contributed by atoms with Gasteiger partial charge in [-0.05, 0) is 55.5 Å². The van der Waals surface area contributed by atoms with Crippen LogP contribution in [0.25, 0.3) is 0 Å². The predicted molar refractivity (Wildman–Crippen MR) is 129 cm³/mol. The minimum absolute atomic E-state index is 0.0547. The van der Waals surface area contributed by atoms with E-state index in [1.54, 1.807) is 24.3 Å². The van der Waals surface area contributed by atoms with Crippen LogP contribution in [0.4, 0.5) is 0 Å². The number of nitrogens with zero attached hydrogens (tertiary/aromatic N) is 2. The Morgan fingerprint density at radius 1 is 1.06 bits per heavy atom. The average Bonchev–Trinajstić information content (AvgIpc) is 3.76. The molecule has 0 unspecified atom stereocenters. The first-order valence-corrected chi connectivity index (χ1v) is 13.3. The maximum atomic E-state index is 13.2. The second-order valence-corrected chi connectivity index (χ2v) is 12.5. The van der Waals surface area contributed by atoms with E-state index in [0.29, 0.717) is 30.7 Å². The number of rotatable bonds is 8. The van der Waals surface area contributed by atoms with E-state index in [0.717, 1.165) is 5.56 Å². The molecule has 2 heterocycles. The third kappa shape index (κ3) is 3.97. The number of benzene rings is 1. The van der Waals surface area contributed by atoms with Gasteiger partial charge >= 0.3 is 0 Å². The summed E-state index contributed by atoms with van der Waals surface area (Å²) in [5.74, 6) is -0.947. The van der Waals surface area contributed by atoms with Crippen LogP contribution in [-0.4, -0.2) is 59.6 Å². The number of hydrogen-bond acceptors (Lipinski definition) is 6. The standard InChI is InChI=1S/C24H26ClN3O6S/c1-34-24(10-11-24)35(32,33)23(8-9-23)15-27-12-13-28-19(22(27)31)7-6-18(21(28)30)20(29)26-14-16-2-4-17(25)5-3-16/h2-7H,8-15H2,1H3,(H,26,29). The molecule has 1 aromatic carbocycles. The average molecular weight is 520 g/mol. The van der Waals surface area contributed by atoms with Crippen molar-refractivity contribution >= 4 is 33.3 Å². The molecule has 0 atom stereocenters. The van der Waals surface area contributed by atoms with Crippen molar-refractivity contribution in [3.05, 3.63) is 68.6 Å². The molecule has 0 radical (unpaired) electrons. The molecule has 2 amide bonds. The molecule has 186 valence electrons. The van der Waals surface area contributed by atoms with E-state index in [1.807, 2.05) is 0 Å². The molecule has 2 saturated carbocycles. The summed E-state index contributed by atoms with van der Waals surface area (Å²) in [4.78, 5) is 39.2. The van der Waals surface area contributed by atoms with Gasteiger partial charge in [0.2, 0.25) is 0 Å². The van der Waals surface area contributed by atoms with Crippen molar-refractivity contribution in [1.29, 1.82) is 0 Å². The Labute approximate surface area is 207 Å². The number of ether oxygens (including phenoxy) is 1. The van der Waals surface area contributed by atoms with E-state index in [4.69, 9.17) is 16.3 Å². The summed E-state index contributed by atoms with van der Waals surface area (Å²) >= 11 is 5.87. The summed E-state index contributed by atoms with van der Waals surface area (Å²) in [6, 6.07) is 9.79. The lowest BCUT2D eigenvalue weighted by molar-refractivity contribution is 0.0692. The summed E-state index contributed by atoms with van der Waals surface area (Å²) in [5, 5.41) is 3.30. The smallest absolute Gasteiger partial charge is 0.270 e. The Bertz CT molecular complexity index is 1360. The van der Waals surface area contributed by atoms with Gasteiger partial charge in [-0.2, -0.15) is 0 Å². The maximum absolute atomic E-state index is 13.2. The number of halogens is 1.